The molecule has 2 nitrogen and oxygen atoms in total. The predicted octanol–water partition coefficient (Wildman–Crippen LogP) is 3.24. The van der Waals surface area contributed by atoms with E-state index in [0.717, 1.165) is 42.3 Å². The van der Waals surface area contributed by atoms with Crippen LogP contribution in [-0.4, -0.2) is 17.0 Å². The Labute approximate surface area is 96.1 Å². The van der Waals surface area contributed by atoms with Crippen molar-refractivity contribution >= 4 is 11.8 Å². The molecule has 0 saturated carbocycles. The minimum atomic E-state index is -0.166. The maximum atomic E-state index is 9.08. The van der Waals surface area contributed by atoms with Crippen molar-refractivity contribution in [1.82, 2.24) is 0 Å². The molecule has 1 unspecified atom stereocenters. The van der Waals surface area contributed by atoms with Gasteiger partial charge < -0.3 is 9.52 Å². The Kier molecular flexibility index (Phi) is 5.88. The molecule has 0 saturated heterocycles. The molecule has 0 fully saturated rings. The standard InChI is InChI=1S/C12H20O2S/c1-3-11-6-7-12(14-11)9-15-8-4-5-10(2)13/h6-7,10,13H,3-5,8-9H2,1-2H3. The summed E-state index contributed by atoms with van der Waals surface area (Å²) in [5.41, 5.74) is 0. The summed E-state index contributed by atoms with van der Waals surface area (Å²) in [6, 6.07) is 4.10. The summed E-state index contributed by atoms with van der Waals surface area (Å²) in [6.45, 7) is 3.93. The minimum Gasteiger partial charge on any atom is -0.465 e. The van der Waals surface area contributed by atoms with Crippen molar-refractivity contribution < 1.29 is 9.52 Å². The molecule has 0 radical (unpaired) electrons. The SMILES string of the molecule is CCc1ccc(CSCCCC(C)O)o1. The molecule has 1 aromatic rings. The van der Waals surface area contributed by atoms with Gasteiger partial charge in [-0.2, -0.15) is 11.8 Å². The van der Waals surface area contributed by atoms with Crippen LogP contribution in [0.15, 0.2) is 16.5 Å². The third-order valence-corrected chi connectivity index (χ3v) is 3.29. The quantitative estimate of drug-likeness (QED) is 0.727. The molecule has 1 heterocycles. The van der Waals surface area contributed by atoms with Crippen LogP contribution in [0.2, 0.25) is 0 Å². The maximum Gasteiger partial charge on any atom is 0.114 e. The van der Waals surface area contributed by atoms with E-state index in [1.165, 1.54) is 0 Å². The highest BCUT2D eigenvalue weighted by molar-refractivity contribution is 7.98. The first-order chi connectivity index (χ1) is 7.22. The summed E-state index contributed by atoms with van der Waals surface area (Å²) >= 11 is 1.87. The lowest BCUT2D eigenvalue weighted by Gasteiger charge is -2.02. The van der Waals surface area contributed by atoms with E-state index in [2.05, 4.69) is 13.0 Å². The average Bonchev–Trinajstić information content (AvgIpc) is 2.65. The van der Waals surface area contributed by atoms with Gasteiger partial charge in [0.1, 0.15) is 11.5 Å². The fraction of sp³-hybridized carbons (Fsp3) is 0.667. The molecule has 3 heteroatoms. The zero-order valence-electron chi connectivity index (χ0n) is 9.53. The van der Waals surface area contributed by atoms with Gasteiger partial charge in [-0.25, -0.2) is 0 Å². The van der Waals surface area contributed by atoms with E-state index in [4.69, 9.17) is 9.52 Å². The summed E-state index contributed by atoms with van der Waals surface area (Å²) < 4.78 is 5.59. The zero-order valence-corrected chi connectivity index (χ0v) is 10.3. The number of aliphatic hydroxyl groups is 1. The van der Waals surface area contributed by atoms with Crippen molar-refractivity contribution in [2.24, 2.45) is 0 Å². The molecule has 0 bridgehead atoms. The summed E-state index contributed by atoms with van der Waals surface area (Å²) in [5.74, 6) is 4.16. The zero-order chi connectivity index (χ0) is 11.1. The molecular formula is C12H20O2S. The summed E-state index contributed by atoms with van der Waals surface area (Å²) in [4.78, 5) is 0. The van der Waals surface area contributed by atoms with Crippen molar-refractivity contribution in [1.29, 1.82) is 0 Å². The van der Waals surface area contributed by atoms with Crippen LogP contribution in [0.1, 0.15) is 38.2 Å². The van der Waals surface area contributed by atoms with E-state index in [1.807, 2.05) is 24.8 Å². The van der Waals surface area contributed by atoms with E-state index in [-0.39, 0.29) is 6.10 Å². The lowest BCUT2D eigenvalue weighted by Crippen LogP contribution is -1.99. The van der Waals surface area contributed by atoms with Crippen LogP contribution < -0.4 is 0 Å². The van der Waals surface area contributed by atoms with Gasteiger partial charge in [-0.1, -0.05) is 6.92 Å². The monoisotopic (exact) mass is 228 g/mol. The molecule has 1 aromatic heterocycles. The number of thioether (sulfide) groups is 1. The molecule has 1 rings (SSSR count). The van der Waals surface area contributed by atoms with E-state index in [9.17, 15) is 0 Å². The van der Waals surface area contributed by atoms with Gasteiger partial charge in [0.2, 0.25) is 0 Å². The first kappa shape index (κ1) is 12.7. The average molecular weight is 228 g/mol. The summed E-state index contributed by atoms with van der Waals surface area (Å²) in [6.07, 6.45) is 2.77. The van der Waals surface area contributed by atoms with Crippen LogP contribution in [-0.2, 0) is 12.2 Å². The van der Waals surface area contributed by atoms with Gasteiger partial charge in [0.15, 0.2) is 0 Å². The van der Waals surface area contributed by atoms with Gasteiger partial charge in [0, 0.05) is 6.42 Å². The summed E-state index contributed by atoms with van der Waals surface area (Å²) in [7, 11) is 0. The first-order valence-electron chi connectivity index (χ1n) is 5.55. The molecule has 0 amide bonds. The van der Waals surface area contributed by atoms with Crippen LogP contribution in [0.4, 0.5) is 0 Å². The highest BCUT2D eigenvalue weighted by atomic mass is 32.2. The van der Waals surface area contributed by atoms with Crippen molar-refractivity contribution in [3.63, 3.8) is 0 Å². The predicted molar refractivity (Wildman–Crippen MR) is 65.2 cm³/mol. The fourth-order valence-corrected chi connectivity index (χ4v) is 2.21. The molecule has 0 aliphatic heterocycles. The first-order valence-corrected chi connectivity index (χ1v) is 6.71. The fourth-order valence-electron chi connectivity index (χ4n) is 1.34. The number of furan rings is 1. The van der Waals surface area contributed by atoms with Crippen molar-refractivity contribution in [2.75, 3.05) is 5.75 Å². The topological polar surface area (TPSA) is 33.4 Å². The second kappa shape index (κ2) is 6.96. The molecule has 0 aromatic carbocycles. The number of aryl methyl sites for hydroxylation is 1. The molecule has 0 aliphatic carbocycles. The molecule has 15 heavy (non-hydrogen) atoms. The largest absolute Gasteiger partial charge is 0.465 e. The third kappa shape index (κ3) is 5.28. The number of aliphatic hydroxyl groups excluding tert-OH is 1. The van der Waals surface area contributed by atoms with Gasteiger partial charge in [0.25, 0.3) is 0 Å². The molecule has 86 valence electrons. The van der Waals surface area contributed by atoms with Gasteiger partial charge in [-0.05, 0) is 37.7 Å². The molecule has 1 N–H and O–H groups in total. The van der Waals surface area contributed by atoms with Gasteiger partial charge in [-0.15, -0.1) is 0 Å². The van der Waals surface area contributed by atoms with Crippen molar-refractivity contribution in [2.45, 2.75) is 45.0 Å². The Hall–Kier alpha value is -0.410. The normalized spacial score (nSPS) is 13.0. The number of hydrogen-bond donors (Lipinski definition) is 1. The molecule has 0 spiro atoms. The molecule has 1 atom stereocenters. The smallest absolute Gasteiger partial charge is 0.114 e. The van der Waals surface area contributed by atoms with Gasteiger partial charge in [0.05, 0.1) is 11.9 Å². The van der Waals surface area contributed by atoms with Gasteiger partial charge in [-0.3, -0.25) is 0 Å². The Morgan fingerprint density at radius 1 is 1.40 bits per heavy atom. The summed E-state index contributed by atoms with van der Waals surface area (Å²) in [5, 5.41) is 9.08. The van der Waals surface area contributed by atoms with E-state index < -0.39 is 0 Å². The Morgan fingerprint density at radius 3 is 2.73 bits per heavy atom. The highest BCUT2D eigenvalue weighted by Gasteiger charge is 2.01. The second-order valence-corrected chi connectivity index (χ2v) is 4.87. The number of rotatable bonds is 7. The number of hydrogen-bond acceptors (Lipinski definition) is 3. The maximum absolute atomic E-state index is 9.08. The van der Waals surface area contributed by atoms with E-state index in [0.29, 0.717) is 0 Å². The third-order valence-electron chi connectivity index (χ3n) is 2.22. The molecule has 0 aliphatic rings. The second-order valence-electron chi connectivity index (χ2n) is 3.77. The van der Waals surface area contributed by atoms with Crippen LogP contribution in [0.25, 0.3) is 0 Å². The lowest BCUT2D eigenvalue weighted by atomic mass is 10.2. The van der Waals surface area contributed by atoms with E-state index in [1.54, 1.807) is 0 Å². The molecular weight excluding hydrogens is 208 g/mol. The van der Waals surface area contributed by atoms with Crippen LogP contribution >= 0.6 is 11.8 Å². The van der Waals surface area contributed by atoms with Crippen molar-refractivity contribution in [3.8, 4) is 0 Å². The Bertz CT molecular complexity index is 268. The highest BCUT2D eigenvalue weighted by Crippen LogP contribution is 2.17. The van der Waals surface area contributed by atoms with E-state index >= 15 is 0 Å². The Balaban J connectivity index is 2.09. The van der Waals surface area contributed by atoms with Crippen LogP contribution in [0, 0.1) is 0 Å². The van der Waals surface area contributed by atoms with Crippen LogP contribution in [0.3, 0.4) is 0 Å². The Morgan fingerprint density at radius 2 is 2.13 bits per heavy atom. The van der Waals surface area contributed by atoms with Crippen LogP contribution in [0.5, 0.6) is 0 Å². The van der Waals surface area contributed by atoms with Crippen molar-refractivity contribution in [3.05, 3.63) is 23.7 Å². The van der Waals surface area contributed by atoms with Gasteiger partial charge >= 0.3 is 0 Å². The minimum absolute atomic E-state index is 0.166. The lowest BCUT2D eigenvalue weighted by molar-refractivity contribution is 0.184.